The molecular formula is C26H21N3O5S. The van der Waals surface area contributed by atoms with Gasteiger partial charge in [-0.2, -0.15) is 0 Å². The Balaban J connectivity index is 1.66. The van der Waals surface area contributed by atoms with Gasteiger partial charge < -0.3 is 10.6 Å². The highest BCUT2D eigenvalue weighted by Crippen LogP contribution is 2.34. The van der Waals surface area contributed by atoms with Crippen LogP contribution in [0.4, 0.5) is 4.79 Å². The molecule has 0 saturated carbocycles. The predicted molar refractivity (Wildman–Crippen MR) is 129 cm³/mol. The first-order valence-electron chi connectivity index (χ1n) is 10.9. The van der Waals surface area contributed by atoms with Gasteiger partial charge in [-0.25, -0.2) is 13.2 Å². The van der Waals surface area contributed by atoms with E-state index in [1.54, 1.807) is 54.6 Å². The number of hydrogen-bond donors (Lipinski definition) is 2. The van der Waals surface area contributed by atoms with Gasteiger partial charge in [0.15, 0.2) is 0 Å². The molecule has 1 atom stereocenters. The lowest BCUT2D eigenvalue weighted by molar-refractivity contribution is 0.0567. The van der Waals surface area contributed by atoms with Crippen LogP contribution in [0.3, 0.4) is 0 Å². The van der Waals surface area contributed by atoms with Gasteiger partial charge in [-0.1, -0.05) is 60.2 Å². The van der Waals surface area contributed by atoms with E-state index in [4.69, 9.17) is 0 Å². The number of fused-ring (bicyclic) bond motifs is 1. The standard InChI is InChI=1S/C26H21N3O5S/c1-16-11-13-18(14-12-16)35(33,34)21-15-22(27-26(32)28-23(21)17-7-3-2-4-8-17)29-24(30)19-9-5-6-10-20(19)25(29)31/h2-14,22H,15H2,1H3,(H2,27,28,32). The molecule has 1 unspecified atom stereocenters. The van der Waals surface area contributed by atoms with Crippen LogP contribution >= 0.6 is 0 Å². The largest absolute Gasteiger partial charge is 0.320 e. The second-order valence-electron chi connectivity index (χ2n) is 8.32. The third-order valence-electron chi connectivity index (χ3n) is 6.05. The molecule has 2 heterocycles. The second-order valence-corrected chi connectivity index (χ2v) is 10.3. The lowest BCUT2D eigenvalue weighted by Crippen LogP contribution is -2.51. The van der Waals surface area contributed by atoms with E-state index >= 15 is 0 Å². The summed E-state index contributed by atoms with van der Waals surface area (Å²) >= 11 is 0. The SMILES string of the molecule is Cc1ccc(S(=O)(=O)C2=C(c3ccccc3)NC(=O)NC(N3C(=O)c4ccccc4C3=O)C2)cc1. The van der Waals surface area contributed by atoms with Crippen LogP contribution in [0.15, 0.2) is 88.7 Å². The summed E-state index contributed by atoms with van der Waals surface area (Å²) in [5.74, 6) is -1.18. The number of carbonyl (C=O) groups is 3. The minimum absolute atomic E-state index is 0.0452. The Morgan fingerprint density at radius 2 is 1.37 bits per heavy atom. The number of rotatable bonds is 4. The summed E-state index contributed by atoms with van der Waals surface area (Å²) in [7, 11) is -4.11. The zero-order valence-electron chi connectivity index (χ0n) is 18.7. The Bertz CT molecular complexity index is 1460. The predicted octanol–water partition coefficient (Wildman–Crippen LogP) is 3.46. The fraction of sp³-hybridized carbons (Fsp3) is 0.115. The monoisotopic (exact) mass is 487 g/mol. The Hall–Kier alpha value is -4.24. The third-order valence-corrected chi connectivity index (χ3v) is 7.96. The molecule has 4 amide bonds. The lowest BCUT2D eigenvalue weighted by Gasteiger charge is -2.26. The van der Waals surface area contributed by atoms with E-state index in [-0.39, 0.29) is 33.0 Å². The molecule has 5 rings (SSSR count). The summed E-state index contributed by atoms with van der Waals surface area (Å²) in [6.07, 6.45) is -1.51. The van der Waals surface area contributed by atoms with E-state index in [0.29, 0.717) is 5.56 Å². The number of sulfone groups is 1. The summed E-state index contributed by atoms with van der Waals surface area (Å²) in [4.78, 5) is 40.0. The maximum atomic E-state index is 13.9. The molecule has 0 saturated heterocycles. The number of carbonyl (C=O) groups excluding carboxylic acids is 3. The molecule has 0 fully saturated rings. The molecule has 3 aromatic carbocycles. The summed E-state index contributed by atoms with van der Waals surface area (Å²) in [6.45, 7) is 1.85. The van der Waals surface area contributed by atoms with Crippen LogP contribution in [0.5, 0.6) is 0 Å². The van der Waals surface area contributed by atoms with Crippen LogP contribution < -0.4 is 10.6 Å². The molecule has 8 nitrogen and oxygen atoms in total. The van der Waals surface area contributed by atoms with Crippen LogP contribution in [0.2, 0.25) is 0 Å². The topological polar surface area (TPSA) is 113 Å². The average molecular weight is 488 g/mol. The highest BCUT2D eigenvalue weighted by atomic mass is 32.2. The molecule has 0 spiro atoms. The number of nitrogens with one attached hydrogen (secondary N) is 2. The molecule has 0 bridgehead atoms. The van der Waals surface area contributed by atoms with Crippen molar-refractivity contribution >= 4 is 33.4 Å². The number of amides is 4. The van der Waals surface area contributed by atoms with Gasteiger partial charge in [0.2, 0.25) is 9.84 Å². The summed E-state index contributed by atoms with van der Waals surface area (Å²) in [5.41, 5.74) is 1.89. The van der Waals surface area contributed by atoms with Gasteiger partial charge in [0.05, 0.1) is 26.6 Å². The summed E-state index contributed by atoms with van der Waals surface area (Å²) in [6, 6.07) is 20.6. The second kappa shape index (κ2) is 8.52. The van der Waals surface area contributed by atoms with Crippen molar-refractivity contribution in [2.24, 2.45) is 0 Å². The Kier molecular flexibility index (Phi) is 5.49. The Morgan fingerprint density at radius 3 is 1.97 bits per heavy atom. The van der Waals surface area contributed by atoms with Gasteiger partial charge >= 0.3 is 6.03 Å². The molecular weight excluding hydrogens is 466 g/mol. The Morgan fingerprint density at radius 1 is 0.800 bits per heavy atom. The van der Waals surface area contributed by atoms with Crippen molar-refractivity contribution in [3.8, 4) is 0 Å². The number of hydrogen-bond acceptors (Lipinski definition) is 5. The quantitative estimate of drug-likeness (QED) is 0.548. The van der Waals surface area contributed by atoms with E-state index in [1.165, 1.54) is 24.3 Å². The van der Waals surface area contributed by atoms with Crippen LogP contribution in [0, 0.1) is 6.92 Å². The maximum Gasteiger partial charge on any atom is 0.320 e. The average Bonchev–Trinajstić information content (AvgIpc) is 2.99. The van der Waals surface area contributed by atoms with Gasteiger partial charge in [-0.15, -0.1) is 0 Å². The van der Waals surface area contributed by atoms with Crippen LogP contribution in [0.1, 0.15) is 38.3 Å². The summed E-state index contributed by atoms with van der Waals surface area (Å²) in [5, 5.41) is 5.24. The highest BCUT2D eigenvalue weighted by molar-refractivity contribution is 7.95. The van der Waals surface area contributed by atoms with Crippen LogP contribution in [-0.4, -0.2) is 37.3 Å². The van der Waals surface area contributed by atoms with Crippen molar-refractivity contribution in [2.75, 3.05) is 0 Å². The van der Waals surface area contributed by atoms with E-state index < -0.39 is 33.8 Å². The number of aryl methyl sites for hydroxylation is 1. The number of urea groups is 1. The van der Waals surface area contributed by atoms with Crippen LogP contribution in [-0.2, 0) is 9.84 Å². The van der Waals surface area contributed by atoms with Crippen molar-refractivity contribution < 1.29 is 22.8 Å². The molecule has 2 aliphatic heterocycles. The first kappa shape index (κ1) is 22.5. The molecule has 2 N–H and O–H groups in total. The molecule has 0 aliphatic carbocycles. The molecule has 0 radical (unpaired) electrons. The molecule has 2 aliphatic rings. The minimum atomic E-state index is -4.11. The van der Waals surface area contributed by atoms with Gasteiger partial charge in [0, 0.05) is 6.42 Å². The zero-order chi connectivity index (χ0) is 24.7. The summed E-state index contributed by atoms with van der Waals surface area (Å²) < 4.78 is 27.7. The van der Waals surface area contributed by atoms with E-state index in [9.17, 15) is 22.8 Å². The third kappa shape index (κ3) is 3.89. The van der Waals surface area contributed by atoms with Gasteiger partial charge in [0.1, 0.15) is 6.17 Å². The zero-order valence-corrected chi connectivity index (χ0v) is 19.5. The fourth-order valence-electron chi connectivity index (χ4n) is 4.29. The van der Waals surface area contributed by atoms with Crippen molar-refractivity contribution in [1.29, 1.82) is 0 Å². The van der Waals surface area contributed by atoms with Crippen LogP contribution in [0.25, 0.3) is 5.70 Å². The molecule has 35 heavy (non-hydrogen) atoms. The van der Waals surface area contributed by atoms with Gasteiger partial charge in [-0.3, -0.25) is 14.5 Å². The van der Waals surface area contributed by atoms with Crippen molar-refractivity contribution in [3.05, 3.63) is 106 Å². The highest BCUT2D eigenvalue weighted by Gasteiger charge is 2.43. The first-order chi connectivity index (χ1) is 16.8. The first-order valence-corrected chi connectivity index (χ1v) is 12.4. The number of benzene rings is 3. The van der Waals surface area contributed by atoms with Gasteiger partial charge in [0.25, 0.3) is 11.8 Å². The molecule has 9 heteroatoms. The number of imide groups is 1. The molecule has 0 aromatic heterocycles. The molecule has 3 aromatic rings. The van der Waals surface area contributed by atoms with E-state index in [1.807, 2.05) is 6.92 Å². The van der Waals surface area contributed by atoms with Gasteiger partial charge in [-0.05, 0) is 36.8 Å². The smallest absolute Gasteiger partial charge is 0.317 e. The minimum Gasteiger partial charge on any atom is -0.317 e. The lowest BCUT2D eigenvalue weighted by atomic mass is 10.1. The van der Waals surface area contributed by atoms with Crippen molar-refractivity contribution in [1.82, 2.24) is 15.5 Å². The maximum absolute atomic E-state index is 13.9. The van der Waals surface area contributed by atoms with Crippen molar-refractivity contribution in [3.63, 3.8) is 0 Å². The Labute approximate surface area is 202 Å². The fourth-order valence-corrected chi connectivity index (χ4v) is 5.88. The van der Waals surface area contributed by atoms with E-state index in [2.05, 4.69) is 10.6 Å². The van der Waals surface area contributed by atoms with Crippen molar-refractivity contribution in [2.45, 2.75) is 24.4 Å². The molecule has 176 valence electrons. The normalized spacial score (nSPS) is 18.1. The van der Waals surface area contributed by atoms with E-state index in [0.717, 1.165) is 10.5 Å². The number of nitrogens with zero attached hydrogens (tertiary/aromatic N) is 1.